The van der Waals surface area contributed by atoms with Crippen LogP contribution in [0, 0.1) is 17.0 Å². The minimum absolute atomic E-state index is 0.0271. The molecule has 0 spiro atoms. The van der Waals surface area contributed by atoms with Gasteiger partial charge in [-0.3, -0.25) is 14.3 Å². The summed E-state index contributed by atoms with van der Waals surface area (Å²) < 4.78 is 41.4. The van der Waals surface area contributed by atoms with Crippen LogP contribution in [0.25, 0.3) is 0 Å². The van der Waals surface area contributed by atoms with Crippen molar-refractivity contribution in [2.45, 2.75) is 24.3 Å². The minimum Gasteiger partial charge on any atom is -0.493 e. The second-order valence-electron chi connectivity index (χ2n) is 6.27. The fraction of sp³-hybridized carbons (Fsp3) is 0.368. The van der Waals surface area contributed by atoms with Gasteiger partial charge in [0.1, 0.15) is 6.10 Å². The van der Waals surface area contributed by atoms with Gasteiger partial charge in [0.25, 0.3) is 15.8 Å². The Morgan fingerprint density at radius 2 is 1.69 bits per heavy atom. The summed E-state index contributed by atoms with van der Waals surface area (Å²) in [4.78, 5) is 11.0. The molecule has 0 aliphatic rings. The number of aryl methyl sites for hydroxylation is 1. The molecule has 0 amide bonds. The van der Waals surface area contributed by atoms with Gasteiger partial charge in [0.05, 0.1) is 35.7 Å². The van der Waals surface area contributed by atoms with E-state index < -0.39 is 21.1 Å². The average molecular weight is 424 g/mol. The Morgan fingerprint density at radius 1 is 1.10 bits per heavy atom. The van der Waals surface area contributed by atoms with Gasteiger partial charge in [-0.05, 0) is 45.1 Å². The van der Waals surface area contributed by atoms with E-state index in [2.05, 4.69) is 5.32 Å². The summed E-state index contributed by atoms with van der Waals surface area (Å²) >= 11 is 0. The van der Waals surface area contributed by atoms with Gasteiger partial charge in [-0.15, -0.1) is 0 Å². The Balaban J connectivity index is 2.54. The van der Waals surface area contributed by atoms with Crippen LogP contribution in [-0.2, 0) is 14.3 Å². The van der Waals surface area contributed by atoms with Crippen molar-refractivity contribution in [1.82, 2.24) is 5.32 Å². The van der Waals surface area contributed by atoms with E-state index in [9.17, 15) is 18.5 Å². The maximum absolute atomic E-state index is 12.8. The molecule has 0 saturated carbocycles. The van der Waals surface area contributed by atoms with Gasteiger partial charge in [0.15, 0.2) is 11.5 Å². The van der Waals surface area contributed by atoms with Gasteiger partial charge in [0.2, 0.25) is 0 Å². The van der Waals surface area contributed by atoms with Gasteiger partial charge < -0.3 is 14.8 Å². The van der Waals surface area contributed by atoms with E-state index in [0.29, 0.717) is 6.54 Å². The molecule has 1 N–H and O–H groups in total. The molecule has 1 atom stereocenters. The highest BCUT2D eigenvalue weighted by atomic mass is 32.2. The second-order valence-corrected chi connectivity index (χ2v) is 7.84. The molecule has 0 radical (unpaired) electrons. The number of benzene rings is 2. The summed E-state index contributed by atoms with van der Waals surface area (Å²) in [5.41, 5.74) is 0.660. The smallest absolute Gasteiger partial charge is 0.297 e. The molecule has 158 valence electrons. The zero-order chi connectivity index (χ0) is 21.6. The fourth-order valence-corrected chi connectivity index (χ4v) is 3.83. The third kappa shape index (κ3) is 5.43. The second kappa shape index (κ2) is 9.68. The van der Waals surface area contributed by atoms with Crippen LogP contribution in [-0.4, -0.2) is 41.2 Å². The molecule has 0 aromatic heterocycles. The van der Waals surface area contributed by atoms with Crippen molar-refractivity contribution in [3.8, 4) is 11.5 Å². The van der Waals surface area contributed by atoms with Crippen LogP contribution in [0.5, 0.6) is 11.5 Å². The van der Waals surface area contributed by atoms with Crippen molar-refractivity contribution in [1.29, 1.82) is 0 Å². The first kappa shape index (κ1) is 22.6. The van der Waals surface area contributed by atoms with E-state index in [1.165, 1.54) is 38.5 Å². The number of ether oxygens (including phenoxy) is 2. The van der Waals surface area contributed by atoms with E-state index in [4.69, 9.17) is 13.7 Å². The summed E-state index contributed by atoms with van der Waals surface area (Å²) in [5.74, 6) is 0.399. The van der Waals surface area contributed by atoms with Crippen molar-refractivity contribution in [2.75, 3.05) is 27.8 Å². The zero-order valence-corrected chi connectivity index (χ0v) is 17.5. The van der Waals surface area contributed by atoms with E-state index in [0.717, 1.165) is 5.56 Å². The first-order valence-electron chi connectivity index (χ1n) is 8.78. The Bertz CT molecular complexity index is 959. The standard InChI is InChI=1S/C19H24N2O7S/c1-13-5-7-14(8-6-13)29(24,25)28-17(9-10-20-2)15-11-18(26-3)19(27-4)12-16(15)21(22)23/h5-8,11-12,17,20H,9-10H2,1-4H3. The van der Waals surface area contributed by atoms with Crippen LogP contribution >= 0.6 is 0 Å². The van der Waals surface area contributed by atoms with Crippen LogP contribution in [0.1, 0.15) is 23.7 Å². The highest BCUT2D eigenvalue weighted by molar-refractivity contribution is 7.86. The topological polar surface area (TPSA) is 117 Å². The number of nitrogens with one attached hydrogen (secondary N) is 1. The van der Waals surface area contributed by atoms with Gasteiger partial charge in [-0.25, -0.2) is 0 Å². The van der Waals surface area contributed by atoms with Crippen LogP contribution in [0.2, 0.25) is 0 Å². The normalized spacial score (nSPS) is 12.4. The van der Waals surface area contributed by atoms with Crippen molar-refractivity contribution < 1.29 is 27.0 Å². The largest absolute Gasteiger partial charge is 0.493 e. The first-order valence-corrected chi connectivity index (χ1v) is 10.2. The number of methoxy groups -OCH3 is 2. The van der Waals surface area contributed by atoms with Crippen LogP contribution in [0.15, 0.2) is 41.3 Å². The number of nitro benzene ring substituents is 1. The van der Waals surface area contributed by atoms with Crippen molar-refractivity contribution in [2.24, 2.45) is 0 Å². The van der Waals surface area contributed by atoms with E-state index >= 15 is 0 Å². The lowest BCUT2D eigenvalue weighted by Gasteiger charge is -2.19. The quantitative estimate of drug-likeness (QED) is 0.351. The van der Waals surface area contributed by atoms with Gasteiger partial charge in [-0.2, -0.15) is 8.42 Å². The lowest BCUT2D eigenvalue weighted by molar-refractivity contribution is -0.386. The molecular formula is C19H24N2O7S. The van der Waals surface area contributed by atoms with Gasteiger partial charge in [0, 0.05) is 0 Å². The molecule has 0 fully saturated rings. The van der Waals surface area contributed by atoms with Crippen LogP contribution < -0.4 is 14.8 Å². The summed E-state index contributed by atoms with van der Waals surface area (Å²) in [6, 6.07) is 8.74. The molecule has 2 aromatic rings. The summed E-state index contributed by atoms with van der Waals surface area (Å²) in [7, 11) is 0.282. The Labute approximate surface area is 169 Å². The monoisotopic (exact) mass is 424 g/mol. The van der Waals surface area contributed by atoms with Crippen molar-refractivity contribution in [3.63, 3.8) is 0 Å². The first-order chi connectivity index (χ1) is 13.7. The predicted molar refractivity (Wildman–Crippen MR) is 107 cm³/mol. The predicted octanol–water partition coefficient (Wildman–Crippen LogP) is 2.98. The fourth-order valence-electron chi connectivity index (χ4n) is 2.74. The SMILES string of the molecule is CNCCC(OS(=O)(=O)c1ccc(C)cc1)c1cc(OC)c(OC)cc1[N+](=O)[O-]. The third-order valence-corrected chi connectivity index (χ3v) is 5.62. The molecule has 0 aliphatic heterocycles. The number of hydrogen-bond donors (Lipinski definition) is 1. The molecule has 10 heteroatoms. The van der Waals surface area contributed by atoms with Gasteiger partial charge >= 0.3 is 0 Å². The number of nitro groups is 1. The summed E-state index contributed by atoms with van der Waals surface area (Å²) in [6.45, 7) is 2.21. The molecule has 0 heterocycles. The minimum atomic E-state index is -4.15. The van der Waals surface area contributed by atoms with E-state index in [-0.39, 0.29) is 34.1 Å². The Hall–Kier alpha value is -2.69. The molecular weight excluding hydrogens is 400 g/mol. The van der Waals surface area contributed by atoms with E-state index in [1.54, 1.807) is 19.2 Å². The average Bonchev–Trinajstić information content (AvgIpc) is 2.70. The highest BCUT2D eigenvalue weighted by Crippen LogP contribution is 2.40. The van der Waals surface area contributed by atoms with Crippen LogP contribution in [0.3, 0.4) is 0 Å². The molecule has 2 rings (SSSR count). The summed E-state index contributed by atoms with van der Waals surface area (Å²) in [5, 5.41) is 14.5. The zero-order valence-electron chi connectivity index (χ0n) is 16.7. The van der Waals surface area contributed by atoms with E-state index in [1.807, 2.05) is 6.92 Å². The lowest BCUT2D eigenvalue weighted by Crippen LogP contribution is -2.19. The molecule has 0 bridgehead atoms. The Morgan fingerprint density at radius 3 is 2.21 bits per heavy atom. The maximum atomic E-state index is 12.8. The summed E-state index contributed by atoms with van der Waals surface area (Å²) in [6.07, 6.45) is -0.924. The van der Waals surface area contributed by atoms with Crippen LogP contribution in [0.4, 0.5) is 5.69 Å². The highest BCUT2D eigenvalue weighted by Gasteiger charge is 2.30. The van der Waals surface area contributed by atoms with Gasteiger partial charge in [-0.1, -0.05) is 17.7 Å². The Kier molecular flexibility index (Phi) is 7.54. The van der Waals surface area contributed by atoms with Crippen molar-refractivity contribution >= 4 is 15.8 Å². The number of nitrogens with zero attached hydrogens (tertiary/aromatic N) is 1. The van der Waals surface area contributed by atoms with Crippen molar-refractivity contribution in [3.05, 3.63) is 57.6 Å². The molecule has 1 unspecified atom stereocenters. The molecule has 29 heavy (non-hydrogen) atoms. The molecule has 0 saturated heterocycles. The number of rotatable bonds is 10. The lowest BCUT2D eigenvalue weighted by atomic mass is 10.0. The molecule has 0 aliphatic carbocycles. The number of hydrogen-bond acceptors (Lipinski definition) is 8. The maximum Gasteiger partial charge on any atom is 0.297 e. The third-order valence-electron chi connectivity index (χ3n) is 4.29. The molecule has 9 nitrogen and oxygen atoms in total. The molecule has 2 aromatic carbocycles.